The molecular formula is C7H12N2O4. The van der Waals surface area contributed by atoms with Crippen LogP contribution in [0.2, 0.25) is 0 Å². The van der Waals surface area contributed by atoms with E-state index in [1.54, 1.807) is 11.9 Å². The van der Waals surface area contributed by atoms with Gasteiger partial charge in [-0.1, -0.05) is 0 Å². The normalized spacial score (nSPS) is 24.4. The first-order chi connectivity index (χ1) is 6.02. The van der Waals surface area contributed by atoms with E-state index in [4.69, 9.17) is 10.2 Å². The summed E-state index contributed by atoms with van der Waals surface area (Å²) in [6, 6.07) is -0.718. The standard InChI is InChI=1S/C7H12N2O4/c1-8-2-3-9(7(12)13)4-5(8)6(10)11/h5H,2-4H2,1H3,(H,10,11)(H,12,13)/t5-/m1/s1. The average Bonchev–Trinajstić information content (AvgIpc) is 2.04. The molecule has 0 unspecified atom stereocenters. The Hall–Kier alpha value is -1.30. The zero-order valence-corrected chi connectivity index (χ0v) is 7.30. The number of aliphatic carboxylic acids is 1. The molecule has 1 aliphatic heterocycles. The van der Waals surface area contributed by atoms with Gasteiger partial charge in [0.05, 0.1) is 6.54 Å². The highest BCUT2D eigenvalue weighted by Gasteiger charge is 2.31. The highest BCUT2D eigenvalue weighted by Crippen LogP contribution is 2.07. The summed E-state index contributed by atoms with van der Waals surface area (Å²) in [6.07, 6.45) is -1.06. The predicted molar refractivity (Wildman–Crippen MR) is 43.7 cm³/mol. The van der Waals surface area contributed by atoms with Gasteiger partial charge >= 0.3 is 12.1 Å². The molecular weight excluding hydrogens is 176 g/mol. The van der Waals surface area contributed by atoms with E-state index in [0.29, 0.717) is 13.1 Å². The molecule has 1 rings (SSSR count). The second-order valence-corrected chi connectivity index (χ2v) is 3.06. The van der Waals surface area contributed by atoms with Crippen molar-refractivity contribution in [3.8, 4) is 0 Å². The van der Waals surface area contributed by atoms with Crippen molar-refractivity contribution >= 4 is 12.1 Å². The zero-order chi connectivity index (χ0) is 10.0. The number of rotatable bonds is 1. The van der Waals surface area contributed by atoms with E-state index in [9.17, 15) is 9.59 Å². The lowest BCUT2D eigenvalue weighted by Gasteiger charge is -2.35. The van der Waals surface area contributed by atoms with Crippen LogP contribution in [0.5, 0.6) is 0 Å². The molecule has 0 radical (unpaired) electrons. The van der Waals surface area contributed by atoms with Crippen molar-refractivity contribution in [2.24, 2.45) is 0 Å². The van der Waals surface area contributed by atoms with Gasteiger partial charge < -0.3 is 15.1 Å². The maximum absolute atomic E-state index is 10.7. The van der Waals surface area contributed by atoms with Crippen LogP contribution in [0.25, 0.3) is 0 Å². The van der Waals surface area contributed by atoms with Crippen molar-refractivity contribution in [1.29, 1.82) is 0 Å². The Morgan fingerprint density at radius 3 is 2.38 bits per heavy atom. The lowest BCUT2D eigenvalue weighted by molar-refractivity contribution is -0.144. The number of hydrogen-bond donors (Lipinski definition) is 2. The Balaban J connectivity index is 2.63. The van der Waals surface area contributed by atoms with Crippen molar-refractivity contribution in [1.82, 2.24) is 9.80 Å². The third-order valence-electron chi connectivity index (χ3n) is 2.20. The molecule has 1 aliphatic rings. The molecule has 6 heteroatoms. The van der Waals surface area contributed by atoms with Crippen molar-refractivity contribution in [2.45, 2.75) is 6.04 Å². The number of hydrogen-bond acceptors (Lipinski definition) is 3. The second-order valence-electron chi connectivity index (χ2n) is 3.06. The Kier molecular flexibility index (Phi) is 2.72. The van der Waals surface area contributed by atoms with Crippen LogP contribution in [0.15, 0.2) is 0 Å². The molecule has 2 N–H and O–H groups in total. The summed E-state index contributed by atoms with van der Waals surface area (Å²) >= 11 is 0. The van der Waals surface area contributed by atoms with Crippen LogP contribution in [-0.4, -0.2) is 64.8 Å². The van der Waals surface area contributed by atoms with Crippen LogP contribution in [0, 0.1) is 0 Å². The third kappa shape index (κ3) is 2.09. The number of carboxylic acids is 1. The van der Waals surface area contributed by atoms with Crippen LogP contribution >= 0.6 is 0 Å². The van der Waals surface area contributed by atoms with Crippen LogP contribution in [-0.2, 0) is 4.79 Å². The summed E-state index contributed by atoms with van der Waals surface area (Å²) in [5.41, 5.74) is 0. The van der Waals surface area contributed by atoms with E-state index < -0.39 is 18.1 Å². The minimum atomic E-state index is -1.06. The number of nitrogens with zero attached hydrogens (tertiary/aromatic N) is 2. The summed E-state index contributed by atoms with van der Waals surface area (Å²) < 4.78 is 0. The molecule has 74 valence electrons. The molecule has 1 heterocycles. The highest BCUT2D eigenvalue weighted by molar-refractivity contribution is 5.75. The topological polar surface area (TPSA) is 81.1 Å². The van der Waals surface area contributed by atoms with Gasteiger partial charge in [0, 0.05) is 13.1 Å². The summed E-state index contributed by atoms with van der Waals surface area (Å²) in [4.78, 5) is 24.0. The average molecular weight is 188 g/mol. The third-order valence-corrected chi connectivity index (χ3v) is 2.20. The van der Waals surface area contributed by atoms with Gasteiger partial charge in [-0.05, 0) is 7.05 Å². The van der Waals surface area contributed by atoms with Crippen LogP contribution in [0.4, 0.5) is 4.79 Å². The van der Waals surface area contributed by atoms with Crippen molar-refractivity contribution in [2.75, 3.05) is 26.7 Å². The van der Waals surface area contributed by atoms with Gasteiger partial charge in [0.1, 0.15) is 6.04 Å². The summed E-state index contributed by atoms with van der Waals surface area (Å²) in [5.74, 6) is -0.978. The quantitative estimate of drug-likeness (QED) is 0.572. The van der Waals surface area contributed by atoms with E-state index in [2.05, 4.69) is 0 Å². The van der Waals surface area contributed by atoms with Crippen molar-refractivity contribution in [3.63, 3.8) is 0 Å². The summed E-state index contributed by atoms with van der Waals surface area (Å²) in [7, 11) is 1.68. The van der Waals surface area contributed by atoms with Crippen LogP contribution < -0.4 is 0 Å². The number of amides is 1. The lowest BCUT2D eigenvalue weighted by atomic mass is 10.2. The Labute approximate surface area is 75.4 Å². The zero-order valence-electron chi connectivity index (χ0n) is 7.30. The van der Waals surface area contributed by atoms with E-state index >= 15 is 0 Å². The fourth-order valence-electron chi connectivity index (χ4n) is 1.31. The molecule has 1 atom stereocenters. The number of piperazine rings is 1. The molecule has 1 fully saturated rings. The van der Waals surface area contributed by atoms with Gasteiger partial charge in [-0.2, -0.15) is 0 Å². The summed E-state index contributed by atoms with van der Waals surface area (Å²) in [6.45, 7) is 0.875. The molecule has 0 aromatic carbocycles. The number of carbonyl (C=O) groups is 2. The smallest absolute Gasteiger partial charge is 0.407 e. The Morgan fingerprint density at radius 2 is 1.92 bits per heavy atom. The molecule has 0 aromatic heterocycles. The van der Waals surface area contributed by atoms with E-state index in [1.165, 1.54) is 0 Å². The number of carboxylic acid groups (broad SMARTS) is 2. The first-order valence-electron chi connectivity index (χ1n) is 3.93. The van der Waals surface area contributed by atoms with Gasteiger partial charge in [-0.3, -0.25) is 9.69 Å². The second kappa shape index (κ2) is 3.61. The van der Waals surface area contributed by atoms with E-state index in [0.717, 1.165) is 4.90 Å². The van der Waals surface area contributed by atoms with E-state index in [1.807, 2.05) is 0 Å². The maximum atomic E-state index is 10.7. The number of likely N-dealkylation sites (N-methyl/N-ethyl adjacent to an activating group) is 1. The molecule has 1 amide bonds. The largest absolute Gasteiger partial charge is 0.480 e. The van der Waals surface area contributed by atoms with Gasteiger partial charge in [0.2, 0.25) is 0 Å². The van der Waals surface area contributed by atoms with Crippen LogP contribution in [0.1, 0.15) is 0 Å². The molecule has 6 nitrogen and oxygen atoms in total. The fraction of sp³-hybridized carbons (Fsp3) is 0.714. The predicted octanol–water partition coefficient (Wildman–Crippen LogP) is -0.635. The maximum Gasteiger partial charge on any atom is 0.407 e. The molecule has 0 aromatic rings. The highest BCUT2D eigenvalue weighted by atomic mass is 16.4. The van der Waals surface area contributed by atoms with Crippen molar-refractivity contribution < 1.29 is 19.8 Å². The van der Waals surface area contributed by atoms with Gasteiger partial charge in [0.15, 0.2) is 0 Å². The SMILES string of the molecule is CN1CCN(C(=O)O)C[C@@H]1C(=O)O. The lowest BCUT2D eigenvalue weighted by Crippen LogP contribution is -2.55. The molecule has 0 aliphatic carbocycles. The summed E-state index contributed by atoms with van der Waals surface area (Å²) in [5, 5.41) is 17.4. The minimum Gasteiger partial charge on any atom is -0.480 e. The minimum absolute atomic E-state index is 0.0428. The van der Waals surface area contributed by atoms with Crippen LogP contribution in [0.3, 0.4) is 0 Å². The fourth-order valence-corrected chi connectivity index (χ4v) is 1.31. The molecule has 0 bridgehead atoms. The van der Waals surface area contributed by atoms with E-state index in [-0.39, 0.29) is 6.54 Å². The first-order valence-corrected chi connectivity index (χ1v) is 3.93. The molecule has 0 saturated carbocycles. The van der Waals surface area contributed by atoms with Gasteiger partial charge in [-0.25, -0.2) is 4.79 Å². The Bertz CT molecular complexity index is 231. The van der Waals surface area contributed by atoms with Crippen molar-refractivity contribution in [3.05, 3.63) is 0 Å². The first kappa shape index (κ1) is 9.79. The van der Waals surface area contributed by atoms with Gasteiger partial charge in [-0.15, -0.1) is 0 Å². The molecule has 1 saturated heterocycles. The molecule has 13 heavy (non-hydrogen) atoms. The Morgan fingerprint density at radius 1 is 1.31 bits per heavy atom. The molecule has 0 spiro atoms. The van der Waals surface area contributed by atoms with Gasteiger partial charge in [0.25, 0.3) is 0 Å². The monoisotopic (exact) mass is 188 g/mol.